The summed E-state index contributed by atoms with van der Waals surface area (Å²) >= 11 is 0. The van der Waals surface area contributed by atoms with Crippen molar-refractivity contribution in [1.82, 2.24) is 0 Å². The molecule has 90 valence electrons. The summed E-state index contributed by atoms with van der Waals surface area (Å²) in [4.78, 5) is 0. The first-order valence-electron chi connectivity index (χ1n) is 6.22. The van der Waals surface area contributed by atoms with Gasteiger partial charge in [-0.1, -0.05) is 31.5 Å². The van der Waals surface area contributed by atoms with Gasteiger partial charge in [0.25, 0.3) is 0 Å². The van der Waals surface area contributed by atoms with E-state index in [2.05, 4.69) is 46.8 Å². The molecule has 1 aromatic carbocycles. The van der Waals surface area contributed by atoms with Crippen LogP contribution in [0.15, 0.2) is 12.1 Å². The van der Waals surface area contributed by atoms with Crippen LogP contribution in [0, 0.1) is 32.6 Å². The van der Waals surface area contributed by atoms with E-state index in [1.807, 2.05) is 0 Å². The van der Waals surface area contributed by atoms with E-state index >= 15 is 0 Å². The zero-order valence-electron chi connectivity index (χ0n) is 11.3. The lowest BCUT2D eigenvalue weighted by atomic mass is 9.85. The summed E-state index contributed by atoms with van der Waals surface area (Å²) in [5, 5.41) is 0. The monoisotopic (exact) mass is 219 g/mol. The van der Waals surface area contributed by atoms with Gasteiger partial charge in [0.1, 0.15) is 0 Å². The first-order chi connectivity index (χ1) is 7.45. The molecular weight excluding hydrogens is 194 g/mol. The van der Waals surface area contributed by atoms with Crippen LogP contribution in [0.5, 0.6) is 0 Å². The lowest BCUT2D eigenvalue weighted by molar-refractivity contribution is 0.391. The summed E-state index contributed by atoms with van der Waals surface area (Å²) in [6, 6.07) is 4.55. The Morgan fingerprint density at radius 3 is 1.94 bits per heavy atom. The van der Waals surface area contributed by atoms with Crippen LogP contribution >= 0.6 is 0 Å². The number of aryl methyl sites for hydroxylation is 3. The molecule has 2 N–H and O–H groups in total. The van der Waals surface area contributed by atoms with E-state index in [0.29, 0.717) is 11.8 Å². The predicted octanol–water partition coefficient (Wildman–Crippen LogP) is 3.39. The summed E-state index contributed by atoms with van der Waals surface area (Å²) in [6.45, 7) is 11.9. The smallest absolute Gasteiger partial charge is 0.00432 e. The second kappa shape index (κ2) is 5.49. The van der Waals surface area contributed by atoms with Gasteiger partial charge in [-0.3, -0.25) is 0 Å². The SMILES string of the molecule is Cc1cc(C)c(CC(CN)C(C)C)c(C)c1. The average molecular weight is 219 g/mol. The number of rotatable bonds is 4. The molecule has 0 saturated heterocycles. The summed E-state index contributed by atoms with van der Waals surface area (Å²) in [5.41, 5.74) is 11.5. The van der Waals surface area contributed by atoms with Crippen molar-refractivity contribution in [2.75, 3.05) is 6.54 Å². The van der Waals surface area contributed by atoms with Crippen molar-refractivity contribution < 1.29 is 0 Å². The largest absolute Gasteiger partial charge is 0.330 e. The lowest BCUT2D eigenvalue weighted by Gasteiger charge is -2.21. The number of hydrogen-bond acceptors (Lipinski definition) is 1. The standard InChI is InChI=1S/C15H25N/c1-10(2)14(9-16)8-15-12(4)6-11(3)7-13(15)5/h6-7,10,14H,8-9,16H2,1-5H3. The highest BCUT2D eigenvalue weighted by molar-refractivity contribution is 5.37. The Balaban J connectivity index is 2.96. The number of hydrogen-bond donors (Lipinski definition) is 1. The first-order valence-corrected chi connectivity index (χ1v) is 6.22. The highest BCUT2D eigenvalue weighted by Gasteiger charge is 2.14. The predicted molar refractivity (Wildman–Crippen MR) is 71.7 cm³/mol. The van der Waals surface area contributed by atoms with E-state index in [1.54, 1.807) is 0 Å². The van der Waals surface area contributed by atoms with Crippen molar-refractivity contribution in [1.29, 1.82) is 0 Å². The molecule has 0 aliphatic carbocycles. The molecule has 0 saturated carbocycles. The zero-order chi connectivity index (χ0) is 12.3. The van der Waals surface area contributed by atoms with E-state index in [9.17, 15) is 0 Å². The third-order valence-electron chi connectivity index (χ3n) is 3.55. The molecular formula is C15H25N. The van der Waals surface area contributed by atoms with Crippen LogP contribution in [0.4, 0.5) is 0 Å². The Morgan fingerprint density at radius 1 is 1.06 bits per heavy atom. The fourth-order valence-electron chi connectivity index (χ4n) is 2.39. The Bertz CT molecular complexity index is 329. The molecule has 0 spiro atoms. The average Bonchev–Trinajstić information content (AvgIpc) is 2.15. The van der Waals surface area contributed by atoms with Crippen molar-refractivity contribution >= 4 is 0 Å². The van der Waals surface area contributed by atoms with Crippen LogP contribution in [0.3, 0.4) is 0 Å². The maximum absolute atomic E-state index is 5.85. The molecule has 16 heavy (non-hydrogen) atoms. The molecule has 1 rings (SSSR count). The van der Waals surface area contributed by atoms with Crippen molar-refractivity contribution in [3.8, 4) is 0 Å². The molecule has 0 amide bonds. The van der Waals surface area contributed by atoms with Gasteiger partial charge in [-0.25, -0.2) is 0 Å². The second-order valence-electron chi connectivity index (χ2n) is 5.32. The van der Waals surface area contributed by atoms with Crippen LogP contribution < -0.4 is 5.73 Å². The van der Waals surface area contributed by atoms with E-state index < -0.39 is 0 Å². The van der Waals surface area contributed by atoms with E-state index in [-0.39, 0.29) is 0 Å². The Morgan fingerprint density at radius 2 is 1.56 bits per heavy atom. The maximum atomic E-state index is 5.85. The molecule has 1 atom stereocenters. The van der Waals surface area contributed by atoms with Gasteiger partial charge in [-0.2, -0.15) is 0 Å². The van der Waals surface area contributed by atoms with Crippen molar-refractivity contribution in [3.05, 3.63) is 34.4 Å². The lowest BCUT2D eigenvalue weighted by Crippen LogP contribution is -2.22. The third-order valence-corrected chi connectivity index (χ3v) is 3.55. The van der Waals surface area contributed by atoms with E-state index in [4.69, 9.17) is 5.73 Å². The van der Waals surface area contributed by atoms with E-state index in [0.717, 1.165) is 13.0 Å². The van der Waals surface area contributed by atoms with Crippen LogP contribution in [-0.4, -0.2) is 6.54 Å². The van der Waals surface area contributed by atoms with Crippen LogP contribution in [0.25, 0.3) is 0 Å². The Hall–Kier alpha value is -0.820. The summed E-state index contributed by atoms with van der Waals surface area (Å²) in [7, 11) is 0. The third kappa shape index (κ3) is 3.08. The number of benzene rings is 1. The van der Waals surface area contributed by atoms with Crippen LogP contribution in [0.1, 0.15) is 36.1 Å². The molecule has 1 unspecified atom stereocenters. The fraction of sp³-hybridized carbons (Fsp3) is 0.600. The minimum atomic E-state index is 0.597. The fourth-order valence-corrected chi connectivity index (χ4v) is 2.39. The van der Waals surface area contributed by atoms with Gasteiger partial charge in [0.05, 0.1) is 0 Å². The Labute approximate surface area is 100 Å². The minimum absolute atomic E-state index is 0.597. The van der Waals surface area contributed by atoms with Crippen molar-refractivity contribution in [2.45, 2.75) is 41.0 Å². The highest BCUT2D eigenvalue weighted by atomic mass is 14.6. The molecule has 1 nitrogen and oxygen atoms in total. The van der Waals surface area contributed by atoms with Gasteiger partial charge < -0.3 is 5.73 Å². The first kappa shape index (κ1) is 13.2. The van der Waals surface area contributed by atoms with Crippen molar-refractivity contribution in [2.24, 2.45) is 17.6 Å². The number of nitrogens with two attached hydrogens (primary N) is 1. The molecule has 1 aromatic rings. The molecule has 0 fully saturated rings. The van der Waals surface area contributed by atoms with Gasteiger partial charge in [0.2, 0.25) is 0 Å². The minimum Gasteiger partial charge on any atom is -0.330 e. The second-order valence-corrected chi connectivity index (χ2v) is 5.32. The van der Waals surface area contributed by atoms with Crippen LogP contribution in [0.2, 0.25) is 0 Å². The molecule has 0 radical (unpaired) electrons. The van der Waals surface area contributed by atoms with Gasteiger partial charge >= 0.3 is 0 Å². The Kier molecular flexibility index (Phi) is 4.55. The quantitative estimate of drug-likeness (QED) is 0.825. The molecule has 0 aliphatic heterocycles. The maximum Gasteiger partial charge on any atom is -0.00432 e. The van der Waals surface area contributed by atoms with Crippen molar-refractivity contribution in [3.63, 3.8) is 0 Å². The van der Waals surface area contributed by atoms with E-state index in [1.165, 1.54) is 22.3 Å². The van der Waals surface area contributed by atoms with Gasteiger partial charge in [0.15, 0.2) is 0 Å². The summed E-state index contributed by atoms with van der Waals surface area (Å²) < 4.78 is 0. The molecule has 0 heterocycles. The molecule has 0 aromatic heterocycles. The normalized spacial score (nSPS) is 13.2. The summed E-state index contributed by atoms with van der Waals surface area (Å²) in [5.74, 6) is 1.25. The molecule has 0 bridgehead atoms. The zero-order valence-corrected chi connectivity index (χ0v) is 11.3. The molecule has 1 heteroatoms. The van der Waals surface area contributed by atoms with Crippen LogP contribution in [-0.2, 0) is 6.42 Å². The van der Waals surface area contributed by atoms with Gasteiger partial charge in [-0.05, 0) is 62.3 Å². The summed E-state index contributed by atoms with van der Waals surface area (Å²) in [6.07, 6.45) is 1.12. The van der Waals surface area contributed by atoms with Gasteiger partial charge in [0, 0.05) is 0 Å². The molecule has 0 aliphatic rings. The topological polar surface area (TPSA) is 26.0 Å². The highest BCUT2D eigenvalue weighted by Crippen LogP contribution is 2.23. The van der Waals surface area contributed by atoms with Gasteiger partial charge in [-0.15, -0.1) is 0 Å².